The van der Waals surface area contributed by atoms with Crippen LogP contribution in [0.3, 0.4) is 0 Å². The van der Waals surface area contributed by atoms with Gasteiger partial charge in [-0.1, -0.05) is 19.8 Å². The predicted molar refractivity (Wildman–Crippen MR) is 65.0 cm³/mol. The Morgan fingerprint density at radius 1 is 1.31 bits per heavy atom. The zero-order chi connectivity index (χ0) is 11.2. The van der Waals surface area contributed by atoms with Crippen LogP contribution in [0.15, 0.2) is 30.7 Å². The van der Waals surface area contributed by atoms with Crippen LogP contribution < -0.4 is 0 Å². The number of nitrogens with one attached hydrogen (secondary N) is 1. The second kappa shape index (κ2) is 5.45. The Labute approximate surface area is 96.0 Å². The molecule has 2 aromatic rings. The highest BCUT2D eigenvalue weighted by atomic mass is 14.9. The molecule has 2 aromatic heterocycles. The maximum Gasteiger partial charge on any atom is 0.139 e. The molecule has 0 atom stereocenters. The lowest BCUT2D eigenvalue weighted by molar-refractivity contribution is 0.709. The van der Waals surface area contributed by atoms with Crippen molar-refractivity contribution in [1.29, 1.82) is 0 Å². The van der Waals surface area contributed by atoms with E-state index in [1.807, 2.05) is 24.5 Å². The zero-order valence-corrected chi connectivity index (χ0v) is 9.61. The van der Waals surface area contributed by atoms with Gasteiger partial charge in [-0.05, 0) is 25.0 Å². The molecule has 0 spiro atoms. The number of unbranched alkanes of at least 4 members (excludes halogenated alkanes) is 2. The normalized spacial score (nSPS) is 10.6. The molecule has 0 unspecified atom stereocenters. The molecule has 0 bridgehead atoms. The summed E-state index contributed by atoms with van der Waals surface area (Å²) in [5.41, 5.74) is 2.19. The number of aryl methyl sites for hydroxylation is 1. The first-order valence-electron chi connectivity index (χ1n) is 5.85. The van der Waals surface area contributed by atoms with Crippen molar-refractivity contribution in [2.24, 2.45) is 0 Å². The third kappa shape index (κ3) is 2.69. The van der Waals surface area contributed by atoms with E-state index in [-0.39, 0.29) is 0 Å². The fourth-order valence-electron chi connectivity index (χ4n) is 1.69. The summed E-state index contributed by atoms with van der Waals surface area (Å²) in [6.07, 6.45) is 10.4. The summed E-state index contributed by atoms with van der Waals surface area (Å²) in [7, 11) is 0. The molecule has 0 saturated heterocycles. The average Bonchev–Trinajstić information content (AvgIpc) is 2.79. The van der Waals surface area contributed by atoms with Crippen LogP contribution in [-0.2, 0) is 6.42 Å². The Balaban J connectivity index is 2.02. The highest BCUT2D eigenvalue weighted by Crippen LogP contribution is 2.14. The van der Waals surface area contributed by atoms with E-state index in [1.165, 1.54) is 19.3 Å². The van der Waals surface area contributed by atoms with Crippen molar-refractivity contribution < 1.29 is 0 Å². The van der Waals surface area contributed by atoms with E-state index in [2.05, 4.69) is 21.9 Å². The van der Waals surface area contributed by atoms with Crippen molar-refractivity contribution in [3.05, 3.63) is 36.4 Å². The molecule has 0 amide bonds. The molecule has 0 saturated carbocycles. The standard InChI is InChI=1S/C13H17N3/c1-2-3-4-7-12-10-15-13(16-12)11-6-5-8-14-9-11/h5-6,8-10H,2-4,7H2,1H3,(H,15,16). The van der Waals surface area contributed by atoms with Gasteiger partial charge in [0.25, 0.3) is 0 Å². The molecule has 84 valence electrons. The lowest BCUT2D eigenvalue weighted by atomic mass is 10.2. The van der Waals surface area contributed by atoms with Gasteiger partial charge in [0.15, 0.2) is 0 Å². The number of pyridine rings is 1. The molecule has 3 nitrogen and oxygen atoms in total. The second-order valence-electron chi connectivity index (χ2n) is 3.94. The van der Waals surface area contributed by atoms with Crippen LogP contribution in [-0.4, -0.2) is 15.0 Å². The summed E-state index contributed by atoms with van der Waals surface area (Å²) < 4.78 is 0. The van der Waals surface area contributed by atoms with Crippen molar-refractivity contribution in [3.63, 3.8) is 0 Å². The first-order chi connectivity index (χ1) is 7.90. The summed E-state index contributed by atoms with van der Waals surface area (Å²) >= 11 is 0. The second-order valence-corrected chi connectivity index (χ2v) is 3.94. The lowest BCUT2D eigenvalue weighted by Gasteiger charge is -1.95. The van der Waals surface area contributed by atoms with E-state index in [9.17, 15) is 0 Å². The van der Waals surface area contributed by atoms with E-state index in [0.29, 0.717) is 0 Å². The molecule has 3 heteroatoms. The van der Waals surface area contributed by atoms with Gasteiger partial charge >= 0.3 is 0 Å². The highest BCUT2D eigenvalue weighted by Gasteiger charge is 2.03. The van der Waals surface area contributed by atoms with Gasteiger partial charge in [0, 0.05) is 24.2 Å². The van der Waals surface area contributed by atoms with Gasteiger partial charge in [0.1, 0.15) is 5.82 Å². The van der Waals surface area contributed by atoms with Crippen molar-refractivity contribution in [1.82, 2.24) is 15.0 Å². The van der Waals surface area contributed by atoms with Crippen LogP contribution in [0, 0.1) is 0 Å². The number of imidazole rings is 1. The number of hydrogen-bond donors (Lipinski definition) is 1. The Morgan fingerprint density at radius 3 is 3.00 bits per heavy atom. The average molecular weight is 215 g/mol. The summed E-state index contributed by atoms with van der Waals surface area (Å²) in [4.78, 5) is 11.8. The molecule has 2 heterocycles. The molecular formula is C13H17N3. The predicted octanol–water partition coefficient (Wildman–Crippen LogP) is 3.20. The first kappa shape index (κ1) is 10.9. The molecule has 0 aromatic carbocycles. The van der Waals surface area contributed by atoms with E-state index >= 15 is 0 Å². The topological polar surface area (TPSA) is 41.6 Å². The number of aromatic nitrogens is 3. The monoisotopic (exact) mass is 215 g/mol. The maximum atomic E-state index is 4.56. The van der Waals surface area contributed by atoms with Crippen LogP contribution in [0.1, 0.15) is 31.9 Å². The van der Waals surface area contributed by atoms with Gasteiger partial charge < -0.3 is 4.98 Å². The minimum atomic E-state index is 0.916. The van der Waals surface area contributed by atoms with E-state index in [4.69, 9.17) is 0 Å². The maximum absolute atomic E-state index is 4.56. The third-order valence-electron chi connectivity index (χ3n) is 2.60. The molecule has 2 rings (SSSR count). The summed E-state index contributed by atoms with van der Waals surface area (Å²) in [5.74, 6) is 0.916. The lowest BCUT2D eigenvalue weighted by Crippen LogP contribution is -1.86. The number of nitrogens with zero attached hydrogens (tertiary/aromatic N) is 2. The van der Waals surface area contributed by atoms with Crippen molar-refractivity contribution in [3.8, 4) is 11.4 Å². The van der Waals surface area contributed by atoms with Gasteiger partial charge in [0.2, 0.25) is 0 Å². The molecule has 0 aliphatic carbocycles. The molecular weight excluding hydrogens is 198 g/mol. The van der Waals surface area contributed by atoms with Crippen LogP contribution in [0.4, 0.5) is 0 Å². The molecule has 1 N–H and O–H groups in total. The van der Waals surface area contributed by atoms with E-state index in [0.717, 1.165) is 23.5 Å². The SMILES string of the molecule is CCCCCc1c[nH]c(-c2cccnc2)n1. The molecule has 0 aliphatic rings. The molecule has 0 radical (unpaired) electrons. The number of aromatic amines is 1. The van der Waals surface area contributed by atoms with Gasteiger partial charge in [-0.3, -0.25) is 4.98 Å². The quantitative estimate of drug-likeness (QED) is 0.778. The van der Waals surface area contributed by atoms with Crippen LogP contribution in [0.5, 0.6) is 0 Å². The van der Waals surface area contributed by atoms with E-state index < -0.39 is 0 Å². The fourth-order valence-corrected chi connectivity index (χ4v) is 1.69. The van der Waals surface area contributed by atoms with Crippen molar-refractivity contribution >= 4 is 0 Å². The molecule has 16 heavy (non-hydrogen) atoms. The van der Waals surface area contributed by atoms with Gasteiger partial charge in [-0.2, -0.15) is 0 Å². The van der Waals surface area contributed by atoms with Crippen LogP contribution >= 0.6 is 0 Å². The van der Waals surface area contributed by atoms with Crippen molar-refractivity contribution in [2.45, 2.75) is 32.6 Å². The Morgan fingerprint density at radius 2 is 2.25 bits per heavy atom. The van der Waals surface area contributed by atoms with Crippen molar-refractivity contribution in [2.75, 3.05) is 0 Å². The van der Waals surface area contributed by atoms with E-state index in [1.54, 1.807) is 6.20 Å². The number of rotatable bonds is 5. The molecule has 0 aliphatic heterocycles. The van der Waals surface area contributed by atoms with Gasteiger partial charge in [0.05, 0.1) is 5.69 Å². The zero-order valence-electron chi connectivity index (χ0n) is 9.61. The fraction of sp³-hybridized carbons (Fsp3) is 0.385. The number of hydrogen-bond acceptors (Lipinski definition) is 2. The Bertz CT molecular complexity index is 420. The van der Waals surface area contributed by atoms with Crippen LogP contribution in [0.25, 0.3) is 11.4 Å². The number of H-pyrrole nitrogens is 1. The van der Waals surface area contributed by atoms with Gasteiger partial charge in [-0.25, -0.2) is 4.98 Å². The Hall–Kier alpha value is -1.64. The van der Waals surface area contributed by atoms with Crippen LogP contribution in [0.2, 0.25) is 0 Å². The summed E-state index contributed by atoms with van der Waals surface area (Å²) in [6, 6.07) is 3.94. The Kier molecular flexibility index (Phi) is 3.70. The van der Waals surface area contributed by atoms with Gasteiger partial charge in [-0.15, -0.1) is 0 Å². The summed E-state index contributed by atoms with van der Waals surface area (Å²) in [6.45, 7) is 2.21. The smallest absolute Gasteiger partial charge is 0.139 e. The minimum absolute atomic E-state index is 0.916. The summed E-state index contributed by atoms with van der Waals surface area (Å²) in [5, 5.41) is 0. The highest BCUT2D eigenvalue weighted by molar-refractivity contribution is 5.53. The molecule has 0 fully saturated rings. The third-order valence-corrected chi connectivity index (χ3v) is 2.60. The largest absolute Gasteiger partial charge is 0.344 e. The first-order valence-corrected chi connectivity index (χ1v) is 5.85. The minimum Gasteiger partial charge on any atom is -0.344 e.